The standard InChI is InChI=1S/C17H19N3O/c18-9-15(19)14-10-20-17-13(14)7-4-8-16(17)21-11-12-5-2-1-3-6-12/h1-8,10,15,20H,9,11,18-19H2. The molecule has 1 heterocycles. The molecular formula is C17H19N3O. The quantitative estimate of drug-likeness (QED) is 0.673. The van der Waals surface area contributed by atoms with E-state index in [1.165, 1.54) is 0 Å². The number of H-pyrrole nitrogens is 1. The number of hydrogen-bond donors (Lipinski definition) is 3. The van der Waals surface area contributed by atoms with Crippen LogP contribution in [0.3, 0.4) is 0 Å². The van der Waals surface area contributed by atoms with E-state index in [2.05, 4.69) is 4.98 Å². The van der Waals surface area contributed by atoms with Crippen LogP contribution in [0.2, 0.25) is 0 Å². The molecule has 2 aromatic carbocycles. The van der Waals surface area contributed by atoms with E-state index in [-0.39, 0.29) is 6.04 Å². The first-order valence-electron chi connectivity index (χ1n) is 7.02. The number of benzene rings is 2. The molecule has 0 bridgehead atoms. The molecule has 5 N–H and O–H groups in total. The molecule has 1 aromatic heterocycles. The average Bonchev–Trinajstić information content (AvgIpc) is 2.97. The van der Waals surface area contributed by atoms with Gasteiger partial charge in [-0.2, -0.15) is 0 Å². The molecular weight excluding hydrogens is 262 g/mol. The average molecular weight is 281 g/mol. The van der Waals surface area contributed by atoms with Crippen LogP contribution < -0.4 is 16.2 Å². The maximum Gasteiger partial charge on any atom is 0.143 e. The number of hydrogen-bond acceptors (Lipinski definition) is 3. The molecule has 4 nitrogen and oxygen atoms in total. The van der Waals surface area contributed by atoms with E-state index in [4.69, 9.17) is 16.2 Å². The van der Waals surface area contributed by atoms with Gasteiger partial charge in [0.15, 0.2) is 0 Å². The predicted molar refractivity (Wildman–Crippen MR) is 85.1 cm³/mol. The maximum absolute atomic E-state index is 6.03. The molecule has 0 saturated carbocycles. The molecule has 0 aliphatic heterocycles. The van der Waals surface area contributed by atoms with Crippen LogP contribution in [0.1, 0.15) is 17.2 Å². The summed E-state index contributed by atoms with van der Waals surface area (Å²) in [5.74, 6) is 0.826. The number of aromatic nitrogens is 1. The first kappa shape index (κ1) is 13.7. The van der Waals surface area contributed by atoms with E-state index >= 15 is 0 Å². The zero-order chi connectivity index (χ0) is 14.7. The minimum absolute atomic E-state index is 0.164. The fraction of sp³-hybridized carbons (Fsp3) is 0.176. The van der Waals surface area contributed by atoms with Gasteiger partial charge in [-0.3, -0.25) is 0 Å². The van der Waals surface area contributed by atoms with Gasteiger partial charge < -0.3 is 21.2 Å². The highest BCUT2D eigenvalue weighted by atomic mass is 16.5. The summed E-state index contributed by atoms with van der Waals surface area (Å²) in [5.41, 5.74) is 14.8. The van der Waals surface area contributed by atoms with Crippen LogP contribution in [-0.2, 0) is 6.61 Å². The molecule has 0 fully saturated rings. The largest absolute Gasteiger partial charge is 0.487 e. The molecule has 0 saturated heterocycles. The van der Waals surface area contributed by atoms with Gasteiger partial charge in [-0.25, -0.2) is 0 Å². The van der Waals surface area contributed by atoms with Gasteiger partial charge in [0.2, 0.25) is 0 Å². The number of para-hydroxylation sites is 1. The molecule has 0 amide bonds. The van der Waals surface area contributed by atoms with Gasteiger partial charge in [0.25, 0.3) is 0 Å². The predicted octanol–water partition coefficient (Wildman–Crippen LogP) is 2.71. The van der Waals surface area contributed by atoms with Gasteiger partial charge in [-0.05, 0) is 17.2 Å². The lowest BCUT2D eigenvalue weighted by molar-refractivity contribution is 0.309. The van der Waals surface area contributed by atoms with Gasteiger partial charge in [-0.1, -0.05) is 42.5 Å². The SMILES string of the molecule is NCC(N)c1c[nH]c2c(OCc3ccccc3)cccc12. The zero-order valence-corrected chi connectivity index (χ0v) is 11.8. The van der Waals surface area contributed by atoms with Gasteiger partial charge in [0, 0.05) is 24.2 Å². The van der Waals surface area contributed by atoms with Crippen molar-refractivity contribution in [2.24, 2.45) is 11.5 Å². The fourth-order valence-corrected chi connectivity index (χ4v) is 2.44. The Balaban J connectivity index is 1.88. The lowest BCUT2D eigenvalue weighted by Crippen LogP contribution is -2.20. The van der Waals surface area contributed by atoms with Crippen LogP contribution >= 0.6 is 0 Å². The Morgan fingerprint density at radius 3 is 2.62 bits per heavy atom. The number of ether oxygens (including phenoxy) is 1. The van der Waals surface area contributed by atoms with E-state index in [1.807, 2.05) is 54.7 Å². The number of nitrogens with one attached hydrogen (secondary N) is 1. The van der Waals surface area contributed by atoms with Crippen LogP contribution in [0.4, 0.5) is 0 Å². The second-order valence-corrected chi connectivity index (χ2v) is 5.04. The second-order valence-electron chi connectivity index (χ2n) is 5.04. The number of nitrogens with two attached hydrogens (primary N) is 2. The highest BCUT2D eigenvalue weighted by Crippen LogP contribution is 2.30. The van der Waals surface area contributed by atoms with Crippen molar-refractivity contribution in [1.29, 1.82) is 0 Å². The molecule has 4 heteroatoms. The van der Waals surface area contributed by atoms with Crippen LogP contribution in [0, 0.1) is 0 Å². The minimum atomic E-state index is -0.164. The molecule has 0 aliphatic rings. The van der Waals surface area contributed by atoms with Crippen molar-refractivity contribution < 1.29 is 4.74 Å². The highest BCUT2D eigenvalue weighted by Gasteiger charge is 2.12. The number of aromatic amines is 1. The van der Waals surface area contributed by atoms with Crippen molar-refractivity contribution in [3.05, 3.63) is 65.9 Å². The lowest BCUT2D eigenvalue weighted by atomic mass is 10.1. The summed E-state index contributed by atoms with van der Waals surface area (Å²) in [6.07, 6.45) is 1.91. The Kier molecular flexibility index (Phi) is 3.90. The van der Waals surface area contributed by atoms with Gasteiger partial charge in [0.05, 0.1) is 5.52 Å². The van der Waals surface area contributed by atoms with Crippen molar-refractivity contribution >= 4 is 10.9 Å². The van der Waals surface area contributed by atoms with Gasteiger partial charge in [0.1, 0.15) is 12.4 Å². The first-order valence-corrected chi connectivity index (χ1v) is 7.02. The van der Waals surface area contributed by atoms with Gasteiger partial charge in [-0.15, -0.1) is 0 Å². The van der Waals surface area contributed by atoms with E-state index in [0.29, 0.717) is 13.2 Å². The Hall–Kier alpha value is -2.30. The smallest absolute Gasteiger partial charge is 0.143 e. The molecule has 108 valence electrons. The molecule has 1 unspecified atom stereocenters. The summed E-state index contributed by atoms with van der Waals surface area (Å²) in [5, 5.41) is 1.07. The molecule has 0 aliphatic carbocycles. The molecule has 3 rings (SSSR count). The molecule has 3 aromatic rings. The fourth-order valence-electron chi connectivity index (χ4n) is 2.44. The highest BCUT2D eigenvalue weighted by molar-refractivity contribution is 5.88. The molecule has 1 atom stereocenters. The molecule has 0 radical (unpaired) electrons. The third-order valence-electron chi connectivity index (χ3n) is 3.60. The van der Waals surface area contributed by atoms with Crippen molar-refractivity contribution in [2.75, 3.05) is 6.54 Å². The summed E-state index contributed by atoms with van der Waals surface area (Å²) in [4.78, 5) is 3.25. The van der Waals surface area contributed by atoms with Crippen molar-refractivity contribution in [3.63, 3.8) is 0 Å². The van der Waals surface area contributed by atoms with E-state index in [9.17, 15) is 0 Å². The topological polar surface area (TPSA) is 77.1 Å². The molecule has 21 heavy (non-hydrogen) atoms. The maximum atomic E-state index is 6.03. The second kappa shape index (κ2) is 5.99. The Morgan fingerprint density at radius 2 is 1.86 bits per heavy atom. The Labute approximate surface area is 123 Å². The normalized spacial score (nSPS) is 12.5. The molecule has 0 spiro atoms. The number of rotatable bonds is 5. The van der Waals surface area contributed by atoms with Crippen LogP contribution in [-0.4, -0.2) is 11.5 Å². The monoisotopic (exact) mass is 281 g/mol. The first-order chi connectivity index (χ1) is 10.3. The Morgan fingerprint density at radius 1 is 1.05 bits per heavy atom. The summed E-state index contributed by atoms with van der Waals surface area (Å²) in [7, 11) is 0. The van der Waals surface area contributed by atoms with Crippen LogP contribution in [0.15, 0.2) is 54.7 Å². The Bertz CT molecular complexity index is 721. The lowest BCUT2D eigenvalue weighted by Gasteiger charge is -2.09. The van der Waals surface area contributed by atoms with Gasteiger partial charge >= 0.3 is 0 Å². The summed E-state index contributed by atoms with van der Waals surface area (Å²) in [6, 6.07) is 15.9. The third-order valence-corrected chi connectivity index (χ3v) is 3.60. The number of fused-ring (bicyclic) bond motifs is 1. The zero-order valence-electron chi connectivity index (χ0n) is 11.8. The van der Waals surface area contributed by atoms with Crippen molar-refractivity contribution in [1.82, 2.24) is 4.98 Å². The summed E-state index contributed by atoms with van der Waals surface area (Å²) in [6.45, 7) is 0.958. The van der Waals surface area contributed by atoms with Crippen molar-refractivity contribution in [3.8, 4) is 5.75 Å². The summed E-state index contributed by atoms with van der Waals surface area (Å²) < 4.78 is 5.93. The minimum Gasteiger partial charge on any atom is -0.487 e. The van der Waals surface area contributed by atoms with E-state index in [1.54, 1.807) is 0 Å². The van der Waals surface area contributed by atoms with Crippen LogP contribution in [0.5, 0.6) is 5.75 Å². The van der Waals surface area contributed by atoms with Crippen molar-refractivity contribution in [2.45, 2.75) is 12.6 Å². The third kappa shape index (κ3) is 2.77. The summed E-state index contributed by atoms with van der Waals surface area (Å²) >= 11 is 0. The van der Waals surface area contributed by atoms with Crippen LogP contribution in [0.25, 0.3) is 10.9 Å². The van der Waals surface area contributed by atoms with E-state index < -0.39 is 0 Å². The van der Waals surface area contributed by atoms with E-state index in [0.717, 1.165) is 27.8 Å².